The zero-order chi connectivity index (χ0) is 17.2. The summed E-state index contributed by atoms with van der Waals surface area (Å²) in [7, 11) is -3.53. The topological polar surface area (TPSA) is 99.3 Å². The Kier molecular flexibility index (Phi) is 5.18. The number of nitrogens with zero attached hydrogens (tertiary/aromatic N) is 4. The minimum Gasteiger partial charge on any atom is -0.340 e. The lowest BCUT2D eigenvalue weighted by Gasteiger charge is -2.33. The Bertz CT molecular complexity index is 797. The highest BCUT2D eigenvalue weighted by Gasteiger charge is 2.30. The molecule has 3 heterocycles. The highest BCUT2D eigenvalue weighted by atomic mass is 35.5. The number of piperazine rings is 1. The molecule has 0 radical (unpaired) electrons. The summed E-state index contributed by atoms with van der Waals surface area (Å²) in [5.74, 6) is 0.654. The average Bonchev–Trinajstić information content (AvgIpc) is 3.24. The predicted octanol–water partition coefficient (Wildman–Crippen LogP) is 0.985. The first-order chi connectivity index (χ1) is 11.5. The number of rotatable bonds is 5. The van der Waals surface area contributed by atoms with Crippen LogP contribution in [0.25, 0.3) is 0 Å². The third-order valence-corrected chi connectivity index (χ3v) is 7.37. The lowest BCUT2D eigenvalue weighted by Crippen LogP contribution is -2.50. The van der Waals surface area contributed by atoms with Gasteiger partial charge in [0, 0.05) is 39.0 Å². The van der Waals surface area contributed by atoms with Gasteiger partial charge in [-0.05, 0) is 12.1 Å². The number of amides is 1. The molecule has 0 spiro atoms. The van der Waals surface area contributed by atoms with Gasteiger partial charge in [-0.25, -0.2) is 13.4 Å². The highest BCUT2D eigenvalue weighted by Crippen LogP contribution is 2.28. The van der Waals surface area contributed by atoms with Crippen LogP contribution in [-0.4, -0.2) is 64.9 Å². The van der Waals surface area contributed by atoms with E-state index in [-0.39, 0.29) is 23.2 Å². The third kappa shape index (κ3) is 3.77. The van der Waals surface area contributed by atoms with Crippen LogP contribution < -0.4 is 0 Å². The van der Waals surface area contributed by atoms with Gasteiger partial charge in [-0.3, -0.25) is 9.89 Å². The molecule has 130 valence electrons. The maximum absolute atomic E-state index is 12.5. The molecule has 0 aliphatic carbocycles. The SMILES string of the molecule is O=C(CCc1ncn[nH]1)N1CCN(S(=O)(=O)c2ccc(Cl)s2)CC1. The fraction of sp³-hybridized carbons (Fsp3) is 0.462. The molecule has 0 aromatic carbocycles. The molecule has 0 unspecified atom stereocenters. The van der Waals surface area contributed by atoms with E-state index in [4.69, 9.17) is 11.6 Å². The zero-order valence-corrected chi connectivity index (χ0v) is 15.1. The number of sulfonamides is 1. The van der Waals surface area contributed by atoms with E-state index in [1.54, 1.807) is 11.0 Å². The van der Waals surface area contributed by atoms with Crippen molar-refractivity contribution in [3.63, 3.8) is 0 Å². The molecule has 24 heavy (non-hydrogen) atoms. The van der Waals surface area contributed by atoms with Crippen LogP contribution in [0, 0.1) is 0 Å². The van der Waals surface area contributed by atoms with Crippen molar-refractivity contribution in [2.75, 3.05) is 26.2 Å². The van der Waals surface area contributed by atoms with Crippen LogP contribution in [0.2, 0.25) is 4.34 Å². The minimum absolute atomic E-state index is 0.0115. The van der Waals surface area contributed by atoms with Crippen molar-refractivity contribution < 1.29 is 13.2 Å². The summed E-state index contributed by atoms with van der Waals surface area (Å²) in [6.07, 6.45) is 2.22. The highest BCUT2D eigenvalue weighted by molar-refractivity contribution is 7.91. The Hall–Kier alpha value is -1.49. The summed E-state index contributed by atoms with van der Waals surface area (Å²) in [6.45, 7) is 1.33. The third-order valence-electron chi connectivity index (χ3n) is 3.77. The lowest BCUT2D eigenvalue weighted by molar-refractivity contribution is -0.132. The van der Waals surface area contributed by atoms with Gasteiger partial charge in [0.2, 0.25) is 5.91 Å². The number of aromatic amines is 1. The first-order valence-electron chi connectivity index (χ1n) is 7.34. The molecule has 2 aromatic rings. The van der Waals surface area contributed by atoms with E-state index in [1.807, 2.05) is 0 Å². The van der Waals surface area contributed by atoms with Crippen molar-refractivity contribution in [1.82, 2.24) is 24.4 Å². The second-order valence-corrected chi connectivity index (χ2v) is 9.16. The van der Waals surface area contributed by atoms with Gasteiger partial charge in [0.25, 0.3) is 10.0 Å². The summed E-state index contributed by atoms with van der Waals surface area (Å²) in [5, 5.41) is 6.45. The largest absolute Gasteiger partial charge is 0.340 e. The van der Waals surface area contributed by atoms with Crippen LogP contribution in [-0.2, 0) is 21.2 Å². The Morgan fingerprint density at radius 3 is 2.62 bits per heavy atom. The summed E-state index contributed by atoms with van der Waals surface area (Å²) >= 11 is 6.86. The molecular formula is C13H16ClN5O3S2. The number of hydrogen-bond donors (Lipinski definition) is 1. The Balaban J connectivity index is 1.54. The summed E-state index contributed by atoms with van der Waals surface area (Å²) < 4.78 is 27.1. The molecule has 1 amide bonds. The Labute approximate surface area is 148 Å². The average molecular weight is 390 g/mol. The molecule has 1 aliphatic heterocycles. The molecule has 0 atom stereocenters. The van der Waals surface area contributed by atoms with E-state index in [1.165, 1.54) is 16.7 Å². The van der Waals surface area contributed by atoms with Gasteiger partial charge in [-0.2, -0.15) is 9.40 Å². The summed E-state index contributed by atoms with van der Waals surface area (Å²) in [5.41, 5.74) is 0. The molecular weight excluding hydrogens is 374 g/mol. The van der Waals surface area contributed by atoms with Gasteiger partial charge in [0.05, 0.1) is 4.34 Å². The van der Waals surface area contributed by atoms with Gasteiger partial charge in [-0.15, -0.1) is 11.3 Å². The number of carbonyl (C=O) groups is 1. The first kappa shape index (κ1) is 17.3. The monoisotopic (exact) mass is 389 g/mol. The van der Waals surface area contributed by atoms with Crippen molar-refractivity contribution in [1.29, 1.82) is 0 Å². The quantitative estimate of drug-likeness (QED) is 0.821. The molecule has 0 saturated carbocycles. The molecule has 1 aliphatic rings. The fourth-order valence-corrected chi connectivity index (χ4v) is 5.54. The van der Waals surface area contributed by atoms with E-state index < -0.39 is 10.0 Å². The summed E-state index contributed by atoms with van der Waals surface area (Å²) in [4.78, 5) is 17.9. The Morgan fingerprint density at radius 1 is 1.29 bits per heavy atom. The number of H-pyrrole nitrogens is 1. The van der Waals surface area contributed by atoms with E-state index in [2.05, 4.69) is 15.2 Å². The molecule has 2 aromatic heterocycles. The normalized spacial score (nSPS) is 16.5. The molecule has 11 heteroatoms. The van der Waals surface area contributed by atoms with E-state index in [0.29, 0.717) is 36.1 Å². The second-order valence-electron chi connectivity index (χ2n) is 5.28. The minimum atomic E-state index is -3.53. The molecule has 1 N–H and O–H groups in total. The molecule has 1 fully saturated rings. The van der Waals surface area contributed by atoms with Gasteiger partial charge in [0.15, 0.2) is 0 Å². The maximum atomic E-state index is 12.5. The van der Waals surface area contributed by atoms with E-state index in [9.17, 15) is 13.2 Å². The number of nitrogens with one attached hydrogen (secondary N) is 1. The van der Waals surface area contributed by atoms with E-state index in [0.717, 1.165) is 11.3 Å². The van der Waals surface area contributed by atoms with Crippen molar-refractivity contribution in [2.24, 2.45) is 0 Å². The molecule has 0 bridgehead atoms. The fourth-order valence-electron chi connectivity index (χ4n) is 2.48. The van der Waals surface area contributed by atoms with E-state index >= 15 is 0 Å². The molecule has 1 saturated heterocycles. The van der Waals surface area contributed by atoms with Crippen molar-refractivity contribution in [3.8, 4) is 0 Å². The van der Waals surface area contributed by atoms with Gasteiger partial charge < -0.3 is 4.90 Å². The first-order valence-corrected chi connectivity index (χ1v) is 9.98. The number of carbonyl (C=O) groups excluding carboxylic acids is 1. The number of thiophene rings is 1. The number of aryl methyl sites for hydroxylation is 1. The second kappa shape index (κ2) is 7.18. The van der Waals surface area contributed by atoms with Gasteiger partial charge >= 0.3 is 0 Å². The van der Waals surface area contributed by atoms with Crippen molar-refractivity contribution in [2.45, 2.75) is 17.1 Å². The molecule has 8 nitrogen and oxygen atoms in total. The predicted molar refractivity (Wildman–Crippen MR) is 89.4 cm³/mol. The van der Waals surface area contributed by atoms with Gasteiger partial charge in [0.1, 0.15) is 16.4 Å². The van der Waals surface area contributed by atoms with Gasteiger partial charge in [-0.1, -0.05) is 11.6 Å². The van der Waals surface area contributed by atoms with Crippen molar-refractivity contribution in [3.05, 3.63) is 28.6 Å². The standard InChI is InChI=1S/C13H16ClN5O3S2/c14-10-1-4-13(23-10)24(21,22)19-7-5-18(6-8-19)12(20)3-2-11-15-9-16-17-11/h1,4,9H,2-3,5-8H2,(H,15,16,17). The lowest BCUT2D eigenvalue weighted by atomic mass is 10.2. The van der Waals surface area contributed by atoms with Crippen LogP contribution in [0.4, 0.5) is 0 Å². The van der Waals surface area contributed by atoms with Crippen molar-refractivity contribution >= 4 is 38.9 Å². The number of aromatic nitrogens is 3. The Morgan fingerprint density at radius 2 is 2.04 bits per heavy atom. The van der Waals surface area contributed by atoms with Crippen LogP contribution >= 0.6 is 22.9 Å². The summed E-state index contributed by atoms with van der Waals surface area (Å²) in [6, 6.07) is 3.08. The zero-order valence-electron chi connectivity index (χ0n) is 12.7. The maximum Gasteiger partial charge on any atom is 0.252 e. The van der Waals surface area contributed by atoms with Crippen LogP contribution in [0.15, 0.2) is 22.7 Å². The van der Waals surface area contributed by atoms with Crippen LogP contribution in [0.5, 0.6) is 0 Å². The smallest absolute Gasteiger partial charge is 0.252 e. The molecule has 3 rings (SSSR count). The number of halogens is 1. The van der Waals surface area contributed by atoms with Crippen LogP contribution in [0.1, 0.15) is 12.2 Å². The van der Waals surface area contributed by atoms with Crippen LogP contribution in [0.3, 0.4) is 0 Å². The number of hydrogen-bond acceptors (Lipinski definition) is 6.